The summed E-state index contributed by atoms with van der Waals surface area (Å²) >= 11 is 0. The molecule has 0 unspecified atom stereocenters. The maximum Gasteiger partial charge on any atom is 0.355 e. The van der Waals surface area contributed by atoms with Gasteiger partial charge in [-0.3, -0.25) is 4.79 Å². The van der Waals surface area contributed by atoms with Crippen molar-refractivity contribution in [3.05, 3.63) is 36.0 Å². The van der Waals surface area contributed by atoms with Crippen molar-refractivity contribution in [2.45, 2.75) is 39.1 Å². The van der Waals surface area contributed by atoms with E-state index in [9.17, 15) is 9.59 Å². The molecular formula is C18H22N2O4. The third kappa shape index (κ3) is 3.43. The van der Waals surface area contributed by atoms with E-state index in [1.165, 1.54) is 0 Å². The molecule has 3 atom stereocenters. The zero-order chi connectivity index (χ0) is 17.3. The molecule has 1 aromatic heterocycles. The van der Waals surface area contributed by atoms with Gasteiger partial charge in [0.1, 0.15) is 5.69 Å². The van der Waals surface area contributed by atoms with Crippen molar-refractivity contribution in [2.75, 3.05) is 13.1 Å². The minimum Gasteiger partial charge on any atom is -0.448 e. The number of aromatic nitrogens is 1. The standard InChI is InChI=1S/C18H22N2O4/c1-11-9-20(10-12(2)23-11)17(21)13(3)24-18(22)16-8-14-6-4-5-7-15(14)19-16/h4-8,11-13,19H,9-10H2,1-3H3/t11-,12-,13-/m1/s1. The van der Waals surface area contributed by atoms with Crippen LogP contribution in [0.1, 0.15) is 31.3 Å². The van der Waals surface area contributed by atoms with Crippen molar-refractivity contribution in [1.82, 2.24) is 9.88 Å². The fourth-order valence-corrected chi connectivity index (χ4v) is 3.07. The molecule has 1 amide bonds. The van der Waals surface area contributed by atoms with Crippen molar-refractivity contribution in [1.29, 1.82) is 0 Å². The van der Waals surface area contributed by atoms with Gasteiger partial charge in [0, 0.05) is 24.0 Å². The van der Waals surface area contributed by atoms with Gasteiger partial charge in [0.05, 0.1) is 12.2 Å². The second-order valence-corrected chi connectivity index (χ2v) is 6.32. The van der Waals surface area contributed by atoms with E-state index in [2.05, 4.69) is 4.98 Å². The first-order chi connectivity index (χ1) is 11.4. The summed E-state index contributed by atoms with van der Waals surface area (Å²) in [5.41, 5.74) is 1.21. The number of amides is 1. The molecule has 1 fully saturated rings. The summed E-state index contributed by atoms with van der Waals surface area (Å²) in [7, 11) is 0. The lowest BCUT2D eigenvalue weighted by molar-refractivity contribution is -0.151. The number of carbonyl (C=O) groups is 2. The zero-order valence-corrected chi connectivity index (χ0v) is 14.1. The maximum atomic E-state index is 12.5. The predicted octanol–water partition coefficient (Wildman–Crippen LogP) is 2.35. The van der Waals surface area contributed by atoms with Crippen molar-refractivity contribution in [3.63, 3.8) is 0 Å². The fourth-order valence-electron chi connectivity index (χ4n) is 3.07. The number of carbonyl (C=O) groups excluding carboxylic acids is 2. The number of aromatic amines is 1. The number of esters is 1. The van der Waals surface area contributed by atoms with Gasteiger partial charge in [-0.2, -0.15) is 0 Å². The SMILES string of the molecule is C[C@@H]1CN(C(=O)[C@@H](C)OC(=O)c2cc3ccccc3[nH]2)C[C@@H](C)O1. The van der Waals surface area contributed by atoms with Crippen molar-refractivity contribution >= 4 is 22.8 Å². The minimum absolute atomic E-state index is 0.0192. The van der Waals surface area contributed by atoms with E-state index < -0.39 is 12.1 Å². The molecule has 2 aromatic rings. The average Bonchev–Trinajstić information content (AvgIpc) is 2.97. The molecule has 0 aliphatic carbocycles. The first-order valence-corrected chi connectivity index (χ1v) is 8.17. The number of hydrogen-bond acceptors (Lipinski definition) is 4. The van der Waals surface area contributed by atoms with Crippen LogP contribution < -0.4 is 0 Å². The number of rotatable bonds is 3. The summed E-state index contributed by atoms with van der Waals surface area (Å²) in [6.07, 6.45) is -0.870. The van der Waals surface area contributed by atoms with E-state index >= 15 is 0 Å². The van der Waals surface area contributed by atoms with E-state index in [4.69, 9.17) is 9.47 Å². The number of H-pyrrole nitrogens is 1. The fraction of sp³-hybridized carbons (Fsp3) is 0.444. The third-order valence-electron chi connectivity index (χ3n) is 4.11. The summed E-state index contributed by atoms with van der Waals surface area (Å²) in [5, 5.41) is 0.930. The van der Waals surface area contributed by atoms with Crippen molar-refractivity contribution in [2.24, 2.45) is 0 Å². The second kappa shape index (κ2) is 6.65. The molecule has 0 radical (unpaired) electrons. The smallest absolute Gasteiger partial charge is 0.355 e. The molecule has 24 heavy (non-hydrogen) atoms. The van der Waals surface area contributed by atoms with E-state index in [0.29, 0.717) is 18.8 Å². The maximum absolute atomic E-state index is 12.5. The molecule has 3 rings (SSSR count). The normalized spacial score (nSPS) is 22.4. The monoisotopic (exact) mass is 330 g/mol. The van der Waals surface area contributed by atoms with Crippen LogP contribution in [0.15, 0.2) is 30.3 Å². The Balaban J connectivity index is 1.66. The number of morpholine rings is 1. The van der Waals surface area contributed by atoms with Gasteiger partial charge < -0.3 is 19.4 Å². The summed E-state index contributed by atoms with van der Waals surface area (Å²) in [6, 6.07) is 9.32. The molecule has 0 spiro atoms. The van der Waals surface area contributed by atoms with Gasteiger partial charge in [0.25, 0.3) is 5.91 Å². The van der Waals surface area contributed by atoms with Crippen LogP contribution in [0.5, 0.6) is 0 Å². The largest absolute Gasteiger partial charge is 0.448 e. The lowest BCUT2D eigenvalue weighted by Gasteiger charge is -2.36. The highest BCUT2D eigenvalue weighted by atomic mass is 16.5. The van der Waals surface area contributed by atoms with Crippen LogP contribution in [0.2, 0.25) is 0 Å². The molecule has 6 heteroatoms. The quantitative estimate of drug-likeness (QED) is 0.877. The Morgan fingerprint density at radius 1 is 1.25 bits per heavy atom. The Bertz CT molecular complexity index is 711. The number of nitrogens with zero attached hydrogens (tertiary/aromatic N) is 1. The molecule has 0 bridgehead atoms. The van der Waals surface area contributed by atoms with E-state index in [0.717, 1.165) is 10.9 Å². The number of fused-ring (bicyclic) bond motifs is 1. The Morgan fingerprint density at radius 2 is 1.92 bits per heavy atom. The van der Waals surface area contributed by atoms with Crippen LogP contribution in [0, 0.1) is 0 Å². The van der Waals surface area contributed by atoms with Crippen molar-refractivity contribution in [3.8, 4) is 0 Å². The molecule has 2 heterocycles. The molecular weight excluding hydrogens is 308 g/mol. The number of ether oxygens (including phenoxy) is 2. The first kappa shape index (κ1) is 16.5. The lowest BCUT2D eigenvalue weighted by atomic mass is 10.2. The van der Waals surface area contributed by atoms with Gasteiger partial charge in [-0.15, -0.1) is 0 Å². The minimum atomic E-state index is -0.832. The molecule has 1 aromatic carbocycles. The molecule has 1 aliphatic heterocycles. The number of benzene rings is 1. The van der Waals surface area contributed by atoms with Gasteiger partial charge in [-0.1, -0.05) is 18.2 Å². The van der Waals surface area contributed by atoms with Gasteiger partial charge >= 0.3 is 5.97 Å². The molecule has 1 saturated heterocycles. The summed E-state index contributed by atoms with van der Waals surface area (Å²) < 4.78 is 11.0. The van der Waals surface area contributed by atoms with Crippen LogP contribution in [-0.2, 0) is 14.3 Å². The number of hydrogen-bond donors (Lipinski definition) is 1. The Labute approximate surface area is 140 Å². The average molecular weight is 330 g/mol. The van der Waals surface area contributed by atoms with E-state index in [1.807, 2.05) is 38.1 Å². The Morgan fingerprint density at radius 3 is 2.58 bits per heavy atom. The van der Waals surface area contributed by atoms with Gasteiger partial charge in [-0.05, 0) is 32.9 Å². The van der Waals surface area contributed by atoms with Gasteiger partial charge in [0.2, 0.25) is 0 Å². The molecule has 128 valence electrons. The molecule has 0 saturated carbocycles. The first-order valence-electron chi connectivity index (χ1n) is 8.17. The van der Waals surface area contributed by atoms with Crippen LogP contribution >= 0.6 is 0 Å². The molecule has 6 nitrogen and oxygen atoms in total. The van der Waals surface area contributed by atoms with Gasteiger partial charge in [-0.25, -0.2) is 4.79 Å². The summed E-state index contributed by atoms with van der Waals surface area (Å²) in [6.45, 7) is 6.48. The summed E-state index contributed by atoms with van der Waals surface area (Å²) in [4.78, 5) is 29.5. The third-order valence-corrected chi connectivity index (χ3v) is 4.11. The van der Waals surface area contributed by atoms with Gasteiger partial charge in [0.15, 0.2) is 6.10 Å². The van der Waals surface area contributed by atoms with Crippen LogP contribution in [0.25, 0.3) is 10.9 Å². The lowest BCUT2D eigenvalue weighted by Crippen LogP contribution is -2.51. The number of nitrogens with one attached hydrogen (secondary N) is 1. The molecule has 1 N–H and O–H groups in total. The van der Waals surface area contributed by atoms with Crippen LogP contribution in [0.3, 0.4) is 0 Å². The van der Waals surface area contributed by atoms with E-state index in [-0.39, 0.29) is 18.1 Å². The highest BCUT2D eigenvalue weighted by Gasteiger charge is 2.30. The summed E-state index contributed by atoms with van der Waals surface area (Å²) in [5.74, 6) is -0.720. The predicted molar refractivity (Wildman–Crippen MR) is 89.8 cm³/mol. The van der Waals surface area contributed by atoms with Crippen LogP contribution in [-0.4, -0.2) is 53.2 Å². The van der Waals surface area contributed by atoms with Crippen LogP contribution in [0.4, 0.5) is 0 Å². The second-order valence-electron chi connectivity index (χ2n) is 6.32. The number of para-hydroxylation sites is 1. The highest BCUT2D eigenvalue weighted by Crippen LogP contribution is 2.17. The van der Waals surface area contributed by atoms with E-state index in [1.54, 1.807) is 17.9 Å². The molecule has 1 aliphatic rings. The van der Waals surface area contributed by atoms with Crippen molar-refractivity contribution < 1.29 is 19.1 Å². The zero-order valence-electron chi connectivity index (χ0n) is 14.1. The topological polar surface area (TPSA) is 71.6 Å². The highest BCUT2D eigenvalue weighted by molar-refractivity contribution is 5.96. The Kier molecular flexibility index (Phi) is 4.57. The Hall–Kier alpha value is -2.34.